The topological polar surface area (TPSA) is 47.8 Å². The normalized spacial score (nSPS) is 11.9. The van der Waals surface area contributed by atoms with E-state index in [2.05, 4.69) is 9.97 Å². The van der Waals surface area contributed by atoms with Crippen molar-refractivity contribution in [2.75, 3.05) is 5.75 Å². The third kappa shape index (κ3) is 3.26. The average molecular weight is 365 g/mol. The van der Waals surface area contributed by atoms with Crippen molar-refractivity contribution in [3.63, 3.8) is 0 Å². The standard InChI is InChI=1S/C17H14F3N3OS/c1-3-25-13-7-5-4-6-11(13)15-22-12-8-10(14(24)17(18,19)20)9-21-16(12)23(15)2/h4-9H,3H2,1-2H3. The number of carbonyl (C=O) groups excluding carboxylic acids is 1. The third-order valence-corrected chi connectivity index (χ3v) is 4.61. The fourth-order valence-corrected chi connectivity index (χ4v) is 3.34. The number of Topliss-reactive ketones (excluding diaryl/α,β-unsaturated/α-hetero) is 1. The Kier molecular flexibility index (Phi) is 4.55. The maximum absolute atomic E-state index is 12.6. The molecule has 0 fully saturated rings. The number of aryl methyl sites for hydroxylation is 1. The summed E-state index contributed by atoms with van der Waals surface area (Å²) in [6.45, 7) is 2.03. The molecule has 0 spiro atoms. The first-order chi connectivity index (χ1) is 11.8. The lowest BCUT2D eigenvalue weighted by atomic mass is 10.2. The van der Waals surface area contributed by atoms with Gasteiger partial charge in [0.15, 0.2) is 5.65 Å². The molecule has 1 aromatic carbocycles. The minimum Gasteiger partial charge on any atom is -0.312 e. The summed E-state index contributed by atoms with van der Waals surface area (Å²) in [6, 6.07) is 8.80. The second-order valence-corrected chi connectivity index (χ2v) is 6.62. The molecule has 0 radical (unpaired) electrons. The summed E-state index contributed by atoms with van der Waals surface area (Å²) in [5.41, 5.74) is 1.04. The van der Waals surface area contributed by atoms with E-state index in [0.29, 0.717) is 11.5 Å². The zero-order chi connectivity index (χ0) is 18.2. The molecule has 0 unspecified atom stereocenters. The second-order valence-electron chi connectivity index (χ2n) is 5.32. The van der Waals surface area contributed by atoms with E-state index in [4.69, 9.17) is 0 Å². The molecule has 130 valence electrons. The number of hydrogen-bond acceptors (Lipinski definition) is 4. The SMILES string of the molecule is CCSc1ccccc1-c1nc2cc(C(=O)C(F)(F)F)cnc2n1C. The summed E-state index contributed by atoms with van der Waals surface area (Å²) in [5, 5.41) is 0. The van der Waals surface area contributed by atoms with Crippen LogP contribution >= 0.6 is 11.8 Å². The average Bonchev–Trinajstić information content (AvgIpc) is 2.90. The van der Waals surface area contributed by atoms with Crippen molar-refractivity contribution in [2.24, 2.45) is 7.05 Å². The van der Waals surface area contributed by atoms with E-state index >= 15 is 0 Å². The quantitative estimate of drug-likeness (QED) is 0.505. The summed E-state index contributed by atoms with van der Waals surface area (Å²) in [4.78, 5) is 20.9. The summed E-state index contributed by atoms with van der Waals surface area (Å²) in [6.07, 6.45) is -3.99. The summed E-state index contributed by atoms with van der Waals surface area (Å²) >= 11 is 1.65. The highest BCUT2D eigenvalue weighted by molar-refractivity contribution is 7.99. The number of thioether (sulfide) groups is 1. The number of halogens is 3. The number of benzene rings is 1. The fourth-order valence-electron chi connectivity index (χ4n) is 2.54. The van der Waals surface area contributed by atoms with Crippen LogP contribution in [0.2, 0.25) is 0 Å². The number of nitrogens with zero attached hydrogens (tertiary/aromatic N) is 3. The predicted molar refractivity (Wildman–Crippen MR) is 90.7 cm³/mol. The smallest absolute Gasteiger partial charge is 0.312 e. The van der Waals surface area contributed by atoms with Crippen molar-refractivity contribution in [1.82, 2.24) is 14.5 Å². The van der Waals surface area contributed by atoms with Gasteiger partial charge in [-0.1, -0.05) is 25.1 Å². The lowest BCUT2D eigenvalue weighted by Crippen LogP contribution is -2.22. The Labute approximate surface area is 146 Å². The van der Waals surface area contributed by atoms with Gasteiger partial charge in [0.1, 0.15) is 11.3 Å². The molecule has 0 aliphatic carbocycles. The molecule has 3 rings (SSSR count). The number of imidazole rings is 1. The fraction of sp³-hybridized carbons (Fsp3) is 0.235. The van der Waals surface area contributed by atoms with E-state index < -0.39 is 17.5 Å². The predicted octanol–water partition coefficient (Wildman–Crippen LogP) is 4.49. The van der Waals surface area contributed by atoms with Gasteiger partial charge in [-0.05, 0) is 17.9 Å². The number of carbonyl (C=O) groups is 1. The van der Waals surface area contributed by atoms with E-state index in [9.17, 15) is 18.0 Å². The number of ketones is 1. The Morgan fingerprint density at radius 1 is 1.28 bits per heavy atom. The van der Waals surface area contributed by atoms with Gasteiger partial charge >= 0.3 is 6.18 Å². The Morgan fingerprint density at radius 2 is 2.00 bits per heavy atom. The van der Waals surface area contributed by atoms with Crippen LogP contribution in [0.5, 0.6) is 0 Å². The number of aromatic nitrogens is 3. The lowest BCUT2D eigenvalue weighted by molar-refractivity contribution is -0.0885. The highest BCUT2D eigenvalue weighted by Crippen LogP contribution is 2.32. The van der Waals surface area contributed by atoms with Crippen LogP contribution in [0.15, 0.2) is 41.4 Å². The van der Waals surface area contributed by atoms with E-state index in [1.807, 2.05) is 31.2 Å². The zero-order valence-electron chi connectivity index (χ0n) is 13.5. The molecule has 0 N–H and O–H groups in total. The molecule has 0 bridgehead atoms. The highest BCUT2D eigenvalue weighted by atomic mass is 32.2. The van der Waals surface area contributed by atoms with Gasteiger partial charge in [-0.15, -0.1) is 11.8 Å². The maximum atomic E-state index is 12.6. The number of alkyl halides is 3. The molecule has 8 heteroatoms. The van der Waals surface area contributed by atoms with Gasteiger partial charge in [0, 0.05) is 29.3 Å². The zero-order valence-corrected chi connectivity index (χ0v) is 14.3. The minimum atomic E-state index is -4.93. The number of rotatable bonds is 4. The van der Waals surface area contributed by atoms with Gasteiger partial charge in [0.2, 0.25) is 0 Å². The Morgan fingerprint density at radius 3 is 2.68 bits per heavy atom. The Hall–Kier alpha value is -2.35. The molecule has 0 aliphatic rings. The van der Waals surface area contributed by atoms with Gasteiger partial charge in [0.25, 0.3) is 5.78 Å². The third-order valence-electron chi connectivity index (χ3n) is 3.66. The van der Waals surface area contributed by atoms with Crippen molar-refractivity contribution in [1.29, 1.82) is 0 Å². The van der Waals surface area contributed by atoms with Crippen LogP contribution in [0.1, 0.15) is 17.3 Å². The van der Waals surface area contributed by atoms with Crippen molar-refractivity contribution in [3.05, 3.63) is 42.1 Å². The van der Waals surface area contributed by atoms with Crippen LogP contribution in [-0.2, 0) is 7.05 Å². The monoisotopic (exact) mass is 365 g/mol. The van der Waals surface area contributed by atoms with Crippen molar-refractivity contribution in [2.45, 2.75) is 18.0 Å². The molecule has 0 saturated carbocycles. The molecule has 0 amide bonds. The van der Waals surface area contributed by atoms with Crippen LogP contribution in [0, 0.1) is 0 Å². The first-order valence-corrected chi connectivity index (χ1v) is 8.47. The molecular weight excluding hydrogens is 351 g/mol. The molecule has 3 aromatic rings. The van der Waals surface area contributed by atoms with Crippen LogP contribution in [0.25, 0.3) is 22.6 Å². The van der Waals surface area contributed by atoms with E-state index in [-0.39, 0.29) is 5.52 Å². The van der Waals surface area contributed by atoms with Gasteiger partial charge < -0.3 is 4.57 Å². The molecule has 2 aromatic heterocycles. The number of hydrogen-bond donors (Lipinski definition) is 0. The van der Waals surface area contributed by atoms with Gasteiger partial charge in [-0.3, -0.25) is 4.79 Å². The molecular formula is C17H14F3N3OS. The van der Waals surface area contributed by atoms with E-state index in [1.54, 1.807) is 23.4 Å². The first-order valence-electron chi connectivity index (χ1n) is 7.49. The first kappa shape index (κ1) is 17.5. The number of pyridine rings is 1. The van der Waals surface area contributed by atoms with Crippen molar-refractivity contribution in [3.8, 4) is 11.4 Å². The summed E-state index contributed by atoms with van der Waals surface area (Å²) in [7, 11) is 1.75. The summed E-state index contributed by atoms with van der Waals surface area (Å²) in [5.74, 6) is -0.449. The van der Waals surface area contributed by atoms with Crippen LogP contribution in [-0.4, -0.2) is 32.2 Å². The van der Waals surface area contributed by atoms with Crippen LogP contribution in [0.3, 0.4) is 0 Å². The Bertz CT molecular complexity index is 950. The minimum absolute atomic E-state index is 0.254. The molecule has 4 nitrogen and oxygen atoms in total. The maximum Gasteiger partial charge on any atom is 0.454 e. The van der Waals surface area contributed by atoms with Crippen molar-refractivity contribution >= 4 is 28.7 Å². The van der Waals surface area contributed by atoms with Crippen LogP contribution in [0.4, 0.5) is 13.2 Å². The molecule has 2 heterocycles. The molecule has 0 saturated heterocycles. The van der Waals surface area contributed by atoms with Crippen LogP contribution < -0.4 is 0 Å². The lowest BCUT2D eigenvalue weighted by Gasteiger charge is -2.07. The largest absolute Gasteiger partial charge is 0.454 e. The molecule has 0 atom stereocenters. The Balaban J connectivity index is 2.13. The van der Waals surface area contributed by atoms with E-state index in [0.717, 1.165) is 28.5 Å². The van der Waals surface area contributed by atoms with Gasteiger partial charge in [-0.2, -0.15) is 13.2 Å². The highest BCUT2D eigenvalue weighted by Gasteiger charge is 2.39. The molecule has 0 aliphatic heterocycles. The van der Waals surface area contributed by atoms with Gasteiger partial charge in [0.05, 0.1) is 0 Å². The number of fused-ring (bicyclic) bond motifs is 1. The van der Waals surface area contributed by atoms with Crippen molar-refractivity contribution < 1.29 is 18.0 Å². The van der Waals surface area contributed by atoms with Gasteiger partial charge in [-0.25, -0.2) is 9.97 Å². The second kappa shape index (κ2) is 6.51. The van der Waals surface area contributed by atoms with E-state index in [1.165, 1.54) is 0 Å². The molecule has 25 heavy (non-hydrogen) atoms. The summed E-state index contributed by atoms with van der Waals surface area (Å²) < 4.78 is 39.6.